The average Bonchev–Trinajstić information content (AvgIpc) is 2.67. The minimum atomic E-state index is -0.960. The molecule has 8 nitrogen and oxygen atoms in total. The zero-order valence-electron chi connectivity index (χ0n) is 15.6. The molecule has 0 heterocycles. The number of hydrogen-bond donors (Lipinski definition) is 1. The first-order valence-corrected chi connectivity index (χ1v) is 8.37. The second-order valence-corrected chi connectivity index (χ2v) is 5.83. The molecule has 1 amide bonds. The standard InChI is InChI=1S/C20H19NO7/c1-12(2)26-20(25)27-16-10-5-4-8-14(16)17(23)15-9-6-7-13(11-22)18(15)28-19(24)21-3/h4-12H,1-3H3,(H,21,24). The molecular formula is C20H19NO7. The zero-order chi connectivity index (χ0) is 20.7. The van der Waals surface area contributed by atoms with Crippen LogP contribution >= 0.6 is 0 Å². The number of carbonyl (C=O) groups excluding carboxylic acids is 4. The van der Waals surface area contributed by atoms with Crippen molar-refractivity contribution in [2.45, 2.75) is 20.0 Å². The van der Waals surface area contributed by atoms with Crippen molar-refractivity contribution in [1.82, 2.24) is 5.32 Å². The maximum atomic E-state index is 13.1. The predicted molar refractivity (Wildman–Crippen MR) is 99.0 cm³/mol. The Hall–Kier alpha value is -3.68. The monoisotopic (exact) mass is 385 g/mol. The fourth-order valence-corrected chi connectivity index (χ4v) is 2.28. The molecule has 0 aliphatic carbocycles. The molecule has 0 saturated carbocycles. The van der Waals surface area contributed by atoms with Crippen LogP contribution in [0, 0.1) is 0 Å². The van der Waals surface area contributed by atoms with Gasteiger partial charge in [0.1, 0.15) is 5.75 Å². The van der Waals surface area contributed by atoms with Crippen molar-refractivity contribution in [2.75, 3.05) is 7.05 Å². The number of carbonyl (C=O) groups is 4. The summed E-state index contributed by atoms with van der Waals surface area (Å²) in [5.41, 5.74) is 0.0153. The predicted octanol–water partition coefficient (Wildman–Crippen LogP) is 3.37. The Morgan fingerprint density at radius 2 is 1.64 bits per heavy atom. The van der Waals surface area contributed by atoms with E-state index in [2.05, 4.69) is 5.32 Å². The lowest BCUT2D eigenvalue weighted by Gasteiger charge is -2.14. The molecule has 0 bridgehead atoms. The SMILES string of the molecule is CNC(=O)Oc1c(C=O)cccc1C(=O)c1ccccc1OC(=O)OC(C)C. The first-order chi connectivity index (χ1) is 13.4. The quantitative estimate of drug-likeness (QED) is 0.351. The molecule has 0 radical (unpaired) electrons. The highest BCUT2D eigenvalue weighted by atomic mass is 16.7. The smallest absolute Gasteiger partial charge is 0.431 e. The van der Waals surface area contributed by atoms with Crippen molar-refractivity contribution in [1.29, 1.82) is 0 Å². The highest BCUT2D eigenvalue weighted by Gasteiger charge is 2.23. The van der Waals surface area contributed by atoms with E-state index in [1.807, 2.05) is 0 Å². The van der Waals surface area contributed by atoms with Crippen LogP contribution in [0.25, 0.3) is 0 Å². The van der Waals surface area contributed by atoms with E-state index < -0.39 is 24.1 Å². The van der Waals surface area contributed by atoms with E-state index in [4.69, 9.17) is 14.2 Å². The van der Waals surface area contributed by atoms with Gasteiger partial charge in [0.25, 0.3) is 0 Å². The number of ketones is 1. The van der Waals surface area contributed by atoms with Gasteiger partial charge in [-0.15, -0.1) is 0 Å². The van der Waals surface area contributed by atoms with Gasteiger partial charge in [-0.05, 0) is 38.1 Å². The molecule has 0 spiro atoms. The molecule has 2 rings (SSSR count). The third kappa shape index (κ3) is 4.94. The van der Waals surface area contributed by atoms with E-state index in [-0.39, 0.29) is 28.2 Å². The van der Waals surface area contributed by atoms with Crippen molar-refractivity contribution in [3.05, 3.63) is 59.2 Å². The van der Waals surface area contributed by atoms with Crippen molar-refractivity contribution >= 4 is 24.3 Å². The molecule has 0 saturated heterocycles. The minimum absolute atomic E-state index is 0.0204. The highest BCUT2D eigenvalue weighted by Crippen LogP contribution is 2.29. The Kier molecular flexibility index (Phi) is 6.86. The summed E-state index contributed by atoms with van der Waals surface area (Å²) in [7, 11) is 1.34. The van der Waals surface area contributed by atoms with Crippen LogP contribution in [0.3, 0.4) is 0 Å². The van der Waals surface area contributed by atoms with Crippen LogP contribution < -0.4 is 14.8 Å². The Morgan fingerprint density at radius 3 is 2.29 bits per heavy atom. The van der Waals surface area contributed by atoms with Gasteiger partial charge in [-0.2, -0.15) is 0 Å². The number of nitrogens with one attached hydrogen (secondary N) is 1. The van der Waals surface area contributed by atoms with Gasteiger partial charge in [-0.3, -0.25) is 9.59 Å². The number of ether oxygens (including phenoxy) is 3. The Bertz CT molecular complexity index is 905. The van der Waals surface area contributed by atoms with Gasteiger partial charge >= 0.3 is 12.2 Å². The normalized spacial score (nSPS) is 10.1. The van der Waals surface area contributed by atoms with Gasteiger partial charge < -0.3 is 19.5 Å². The fraction of sp³-hybridized carbons (Fsp3) is 0.200. The van der Waals surface area contributed by atoms with E-state index in [1.54, 1.807) is 26.0 Å². The number of para-hydroxylation sites is 2. The molecule has 146 valence electrons. The summed E-state index contributed by atoms with van der Waals surface area (Å²) < 4.78 is 15.2. The number of benzene rings is 2. The number of amides is 1. The summed E-state index contributed by atoms with van der Waals surface area (Å²) in [6.07, 6.45) is -1.73. The average molecular weight is 385 g/mol. The van der Waals surface area contributed by atoms with Crippen molar-refractivity contribution in [3.8, 4) is 11.5 Å². The molecule has 8 heteroatoms. The molecule has 0 unspecified atom stereocenters. The van der Waals surface area contributed by atoms with Crippen molar-refractivity contribution in [3.63, 3.8) is 0 Å². The maximum Gasteiger partial charge on any atom is 0.514 e. The topological polar surface area (TPSA) is 108 Å². The molecule has 0 atom stereocenters. The number of rotatable bonds is 6. The van der Waals surface area contributed by atoms with Gasteiger partial charge in [-0.25, -0.2) is 9.59 Å². The van der Waals surface area contributed by atoms with Crippen LogP contribution in [0.1, 0.15) is 40.1 Å². The van der Waals surface area contributed by atoms with E-state index in [0.29, 0.717) is 6.29 Å². The van der Waals surface area contributed by atoms with Crippen LogP contribution in [0.15, 0.2) is 42.5 Å². The van der Waals surface area contributed by atoms with E-state index >= 15 is 0 Å². The lowest BCUT2D eigenvalue weighted by atomic mass is 9.99. The Labute approximate surface area is 161 Å². The molecule has 2 aromatic rings. The summed E-state index contributed by atoms with van der Waals surface area (Å²) >= 11 is 0. The first kappa shape index (κ1) is 20.6. The summed E-state index contributed by atoms with van der Waals surface area (Å²) in [6.45, 7) is 3.32. The van der Waals surface area contributed by atoms with Gasteiger partial charge in [-0.1, -0.05) is 18.2 Å². The second kappa shape index (κ2) is 9.31. The van der Waals surface area contributed by atoms with E-state index in [9.17, 15) is 19.2 Å². The van der Waals surface area contributed by atoms with Crippen LogP contribution in [-0.4, -0.2) is 37.5 Å². The lowest BCUT2D eigenvalue weighted by molar-refractivity contribution is 0.0725. The van der Waals surface area contributed by atoms with Crippen LogP contribution in [0.2, 0.25) is 0 Å². The maximum absolute atomic E-state index is 13.1. The molecule has 1 N–H and O–H groups in total. The molecule has 0 aliphatic heterocycles. The second-order valence-electron chi connectivity index (χ2n) is 5.83. The van der Waals surface area contributed by atoms with Crippen molar-refractivity contribution in [2.24, 2.45) is 0 Å². The molecule has 0 fully saturated rings. The zero-order valence-corrected chi connectivity index (χ0v) is 15.6. The molecule has 0 aliphatic rings. The highest BCUT2D eigenvalue weighted by molar-refractivity contribution is 6.13. The number of aldehydes is 1. The van der Waals surface area contributed by atoms with Gasteiger partial charge in [0.15, 0.2) is 12.0 Å². The summed E-state index contributed by atoms with van der Waals surface area (Å²) in [5, 5.41) is 2.25. The molecule has 0 aromatic heterocycles. The van der Waals surface area contributed by atoms with Gasteiger partial charge in [0, 0.05) is 7.05 Å². The van der Waals surface area contributed by atoms with E-state index in [1.165, 1.54) is 37.4 Å². The Morgan fingerprint density at radius 1 is 0.964 bits per heavy atom. The molecule has 2 aromatic carbocycles. The van der Waals surface area contributed by atoms with Crippen LogP contribution in [0.5, 0.6) is 11.5 Å². The Balaban J connectivity index is 2.46. The van der Waals surface area contributed by atoms with Crippen molar-refractivity contribution < 1.29 is 33.4 Å². The largest absolute Gasteiger partial charge is 0.514 e. The molecule has 28 heavy (non-hydrogen) atoms. The summed E-state index contributed by atoms with van der Waals surface area (Å²) in [4.78, 5) is 47.8. The van der Waals surface area contributed by atoms with E-state index in [0.717, 1.165) is 0 Å². The number of hydrogen-bond acceptors (Lipinski definition) is 7. The van der Waals surface area contributed by atoms with Crippen LogP contribution in [-0.2, 0) is 4.74 Å². The summed E-state index contributed by atoms with van der Waals surface area (Å²) in [5.74, 6) is -0.822. The fourth-order valence-electron chi connectivity index (χ4n) is 2.28. The molecular weight excluding hydrogens is 366 g/mol. The van der Waals surface area contributed by atoms with Crippen LogP contribution in [0.4, 0.5) is 9.59 Å². The van der Waals surface area contributed by atoms with Gasteiger partial charge in [0.2, 0.25) is 5.78 Å². The first-order valence-electron chi connectivity index (χ1n) is 8.37. The third-order valence-electron chi connectivity index (χ3n) is 3.47. The summed E-state index contributed by atoms with van der Waals surface area (Å²) in [6, 6.07) is 10.3. The third-order valence-corrected chi connectivity index (χ3v) is 3.47. The lowest BCUT2D eigenvalue weighted by Crippen LogP contribution is -2.24. The van der Waals surface area contributed by atoms with Gasteiger partial charge in [0.05, 0.1) is 22.8 Å². The minimum Gasteiger partial charge on any atom is -0.431 e.